The lowest BCUT2D eigenvalue weighted by Crippen LogP contribution is -2.32. The summed E-state index contributed by atoms with van der Waals surface area (Å²) in [5, 5.41) is 8.18. The summed E-state index contributed by atoms with van der Waals surface area (Å²) < 4.78 is 11.6. The van der Waals surface area contributed by atoms with E-state index in [1.54, 1.807) is 13.8 Å². The third-order valence-corrected chi connectivity index (χ3v) is 4.08. The lowest BCUT2D eigenvalue weighted by atomic mass is 10.1. The first-order valence-corrected chi connectivity index (χ1v) is 6.48. The van der Waals surface area contributed by atoms with Gasteiger partial charge in [-0.1, -0.05) is 33.6 Å². The molecule has 84 valence electrons. The van der Waals surface area contributed by atoms with E-state index in [1.807, 2.05) is 0 Å². The first-order chi connectivity index (χ1) is 6.50. The Kier molecular flexibility index (Phi) is 6.79. The van der Waals surface area contributed by atoms with Gasteiger partial charge >= 0.3 is 5.97 Å². The van der Waals surface area contributed by atoms with Crippen LogP contribution in [-0.4, -0.2) is 26.3 Å². The molecule has 0 aromatic carbocycles. The van der Waals surface area contributed by atoms with E-state index in [0.29, 0.717) is 5.75 Å². The van der Waals surface area contributed by atoms with E-state index in [0.717, 1.165) is 19.3 Å². The minimum Gasteiger partial charge on any atom is -0.480 e. The molecule has 0 spiro atoms. The summed E-state index contributed by atoms with van der Waals surface area (Å²) in [7, 11) is -1.22. The summed E-state index contributed by atoms with van der Waals surface area (Å²) in [6.07, 6.45) is 2.95. The van der Waals surface area contributed by atoms with Crippen molar-refractivity contribution in [1.29, 1.82) is 0 Å². The average Bonchev–Trinajstić information content (AvgIpc) is 2.03. The highest BCUT2D eigenvalue weighted by molar-refractivity contribution is 7.86. The van der Waals surface area contributed by atoms with Gasteiger partial charge in [-0.15, -0.1) is 0 Å². The van der Waals surface area contributed by atoms with E-state index >= 15 is 0 Å². The van der Waals surface area contributed by atoms with Gasteiger partial charge in [0.2, 0.25) is 0 Å². The second-order valence-corrected chi connectivity index (χ2v) is 5.47. The quantitative estimate of drug-likeness (QED) is 0.668. The largest absolute Gasteiger partial charge is 0.480 e. The van der Waals surface area contributed by atoms with Crippen LogP contribution in [0.25, 0.3) is 0 Å². The van der Waals surface area contributed by atoms with Crippen molar-refractivity contribution in [1.82, 2.24) is 0 Å². The van der Waals surface area contributed by atoms with Gasteiger partial charge in [0.05, 0.1) is 0 Å². The third kappa shape index (κ3) is 4.74. The first kappa shape index (κ1) is 13.6. The van der Waals surface area contributed by atoms with Crippen LogP contribution in [0.15, 0.2) is 0 Å². The third-order valence-electron chi connectivity index (χ3n) is 2.08. The van der Waals surface area contributed by atoms with E-state index in [4.69, 9.17) is 5.11 Å². The van der Waals surface area contributed by atoms with Crippen LogP contribution < -0.4 is 0 Å². The molecule has 0 saturated carbocycles. The fourth-order valence-corrected chi connectivity index (χ4v) is 2.90. The Balaban J connectivity index is 4.10. The predicted octanol–water partition coefficient (Wildman–Crippen LogP) is 2.03. The van der Waals surface area contributed by atoms with Crippen LogP contribution in [0.1, 0.15) is 40.0 Å². The van der Waals surface area contributed by atoms with Crippen LogP contribution in [0, 0.1) is 5.92 Å². The number of hydrogen-bond donors (Lipinski definition) is 1. The van der Waals surface area contributed by atoms with Crippen LogP contribution >= 0.6 is 0 Å². The zero-order valence-electron chi connectivity index (χ0n) is 9.16. The zero-order chi connectivity index (χ0) is 11.1. The summed E-state index contributed by atoms with van der Waals surface area (Å²) in [5.74, 6) is -0.479. The minimum atomic E-state index is -1.22. The summed E-state index contributed by atoms with van der Waals surface area (Å²) in [6.45, 7) is 5.67. The van der Waals surface area contributed by atoms with Crippen LogP contribution in [0.3, 0.4) is 0 Å². The molecule has 0 amide bonds. The van der Waals surface area contributed by atoms with Crippen molar-refractivity contribution in [3.05, 3.63) is 0 Å². The van der Waals surface area contributed by atoms with Crippen LogP contribution in [0.4, 0.5) is 0 Å². The Labute approximate surface area is 88.4 Å². The number of rotatable bonds is 7. The highest BCUT2D eigenvalue weighted by Gasteiger charge is 2.27. The Bertz CT molecular complexity index is 202. The van der Waals surface area contributed by atoms with Crippen molar-refractivity contribution < 1.29 is 14.1 Å². The zero-order valence-corrected chi connectivity index (χ0v) is 9.97. The van der Waals surface area contributed by atoms with Crippen molar-refractivity contribution >= 4 is 16.8 Å². The number of unbranched alkanes of at least 4 members (excludes halogenated alkanes) is 2. The molecular formula is C10H20O3S. The number of aliphatic carboxylic acids is 1. The van der Waals surface area contributed by atoms with Gasteiger partial charge in [-0.05, 0) is 12.3 Å². The lowest BCUT2D eigenvalue weighted by Gasteiger charge is -2.15. The number of carboxylic acids is 1. The standard InChI is InChI=1S/C10H20O3S/c1-4-5-6-7-14(13)9(8(2)3)10(11)12/h8-9H,4-7H2,1-3H3,(H,11,12). The van der Waals surface area contributed by atoms with Crippen LogP contribution in [0.2, 0.25) is 0 Å². The maximum absolute atomic E-state index is 11.6. The molecule has 3 nitrogen and oxygen atoms in total. The molecule has 0 aliphatic carbocycles. The molecule has 14 heavy (non-hydrogen) atoms. The van der Waals surface area contributed by atoms with Gasteiger partial charge in [0.25, 0.3) is 0 Å². The normalized spacial score (nSPS) is 15.4. The highest BCUT2D eigenvalue weighted by atomic mass is 32.2. The number of carboxylic acid groups (broad SMARTS) is 1. The first-order valence-electron chi connectivity index (χ1n) is 5.10. The topological polar surface area (TPSA) is 54.4 Å². The maximum Gasteiger partial charge on any atom is 0.319 e. The molecule has 4 heteroatoms. The summed E-state index contributed by atoms with van der Waals surface area (Å²) in [6, 6.07) is 0. The average molecular weight is 220 g/mol. The highest BCUT2D eigenvalue weighted by Crippen LogP contribution is 2.11. The molecule has 0 saturated heterocycles. The van der Waals surface area contributed by atoms with Crippen LogP contribution in [-0.2, 0) is 15.6 Å². The molecule has 0 aliphatic rings. The van der Waals surface area contributed by atoms with Crippen molar-refractivity contribution in [2.24, 2.45) is 5.92 Å². The van der Waals surface area contributed by atoms with E-state index < -0.39 is 22.0 Å². The Hall–Kier alpha value is -0.380. The molecule has 1 N–H and O–H groups in total. The summed E-state index contributed by atoms with van der Waals surface area (Å²) >= 11 is 0. The minimum absolute atomic E-state index is 0.0602. The Morgan fingerprint density at radius 2 is 1.93 bits per heavy atom. The van der Waals surface area contributed by atoms with Crippen molar-refractivity contribution in [2.45, 2.75) is 45.3 Å². The van der Waals surface area contributed by atoms with E-state index in [2.05, 4.69) is 6.92 Å². The fourth-order valence-electron chi connectivity index (χ4n) is 1.32. The van der Waals surface area contributed by atoms with Crippen molar-refractivity contribution in [3.63, 3.8) is 0 Å². The molecule has 0 radical (unpaired) electrons. The van der Waals surface area contributed by atoms with Gasteiger partial charge in [-0.25, -0.2) is 0 Å². The maximum atomic E-state index is 11.6. The lowest BCUT2D eigenvalue weighted by molar-refractivity contribution is -0.137. The van der Waals surface area contributed by atoms with Crippen molar-refractivity contribution in [3.8, 4) is 0 Å². The van der Waals surface area contributed by atoms with E-state index in [-0.39, 0.29) is 5.92 Å². The van der Waals surface area contributed by atoms with Crippen LogP contribution in [0.5, 0.6) is 0 Å². The SMILES string of the molecule is CCCCCS(=O)C(C(=O)O)C(C)C. The van der Waals surface area contributed by atoms with E-state index in [1.165, 1.54) is 0 Å². The molecular weight excluding hydrogens is 200 g/mol. The van der Waals surface area contributed by atoms with Gasteiger partial charge < -0.3 is 5.11 Å². The molecule has 0 heterocycles. The summed E-state index contributed by atoms with van der Waals surface area (Å²) in [5.41, 5.74) is 0. The molecule has 0 bridgehead atoms. The van der Waals surface area contributed by atoms with Gasteiger partial charge in [-0.2, -0.15) is 0 Å². The summed E-state index contributed by atoms with van der Waals surface area (Å²) in [4.78, 5) is 10.8. The number of carbonyl (C=O) groups is 1. The Morgan fingerprint density at radius 3 is 2.29 bits per heavy atom. The molecule has 0 aromatic rings. The van der Waals surface area contributed by atoms with Gasteiger partial charge in [-0.3, -0.25) is 9.00 Å². The Morgan fingerprint density at radius 1 is 1.36 bits per heavy atom. The van der Waals surface area contributed by atoms with Gasteiger partial charge in [0, 0.05) is 16.6 Å². The molecule has 0 aliphatic heterocycles. The monoisotopic (exact) mass is 220 g/mol. The molecule has 2 atom stereocenters. The smallest absolute Gasteiger partial charge is 0.319 e. The predicted molar refractivity (Wildman–Crippen MR) is 58.8 cm³/mol. The molecule has 0 aromatic heterocycles. The fraction of sp³-hybridized carbons (Fsp3) is 0.900. The molecule has 2 unspecified atom stereocenters. The van der Waals surface area contributed by atoms with Crippen molar-refractivity contribution in [2.75, 3.05) is 5.75 Å². The second kappa shape index (κ2) is 6.98. The van der Waals surface area contributed by atoms with Gasteiger partial charge in [0.1, 0.15) is 5.25 Å². The second-order valence-electron chi connectivity index (χ2n) is 3.79. The van der Waals surface area contributed by atoms with Gasteiger partial charge in [0.15, 0.2) is 0 Å². The van der Waals surface area contributed by atoms with E-state index in [9.17, 15) is 9.00 Å². The molecule has 0 fully saturated rings. The number of hydrogen-bond acceptors (Lipinski definition) is 2. The molecule has 0 rings (SSSR count).